The summed E-state index contributed by atoms with van der Waals surface area (Å²) in [6, 6.07) is 24.4. The molecule has 8 heteroatoms. The number of halogens is 1. The second-order valence-corrected chi connectivity index (χ2v) is 8.90. The van der Waals surface area contributed by atoms with Crippen molar-refractivity contribution in [3.8, 4) is 11.4 Å². The van der Waals surface area contributed by atoms with Crippen molar-refractivity contribution < 1.29 is 9.59 Å². The van der Waals surface area contributed by atoms with Crippen LogP contribution in [0.2, 0.25) is 5.02 Å². The van der Waals surface area contributed by atoms with E-state index in [1.54, 1.807) is 31.2 Å². The highest BCUT2D eigenvalue weighted by Crippen LogP contribution is 2.30. The number of thioether (sulfide) groups is 1. The van der Waals surface area contributed by atoms with Crippen molar-refractivity contribution in [2.24, 2.45) is 0 Å². The van der Waals surface area contributed by atoms with E-state index < -0.39 is 0 Å². The zero-order valence-corrected chi connectivity index (χ0v) is 20.1. The normalized spacial score (nSPS) is 10.8. The number of ketones is 1. The van der Waals surface area contributed by atoms with Crippen molar-refractivity contribution in [2.45, 2.75) is 25.0 Å². The SMILES string of the molecule is CCC(=O)Nc1ccc(C(=O)CSc2nnc(-c3ccccc3Cl)n2Cc2ccccc2)cc1. The van der Waals surface area contributed by atoms with Gasteiger partial charge in [0.15, 0.2) is 16.8 Å². The van der Waals surface area contributed by atoms with Gasteiger partial charge in [0.1, 0.15) is 0 Å². The van der Waals surface area contributed by atoms with E-state index in [2.05, 4.69) is 15.5 Å². The van der Waals surface area contributed by atoms with Gasteiger partial charge in [-0.05, 0) is 42.0 Å². The van der Waals surface area contributed by atoms with Crippen LogP contribution in [0.3, 0.4) is 0 Å². The first kappa shape index (κ1) is 23.7. The summed E-state index contributed by atoms with van der Waals surface area (Å²) in [6.45, 7) is 2.34. The molecule has 3 aromatic carbocycles. The van der Waals surface area contributed by atoms with Gasteiger partial charge in [0.2, 0.25) is 5.91 Å². The van der Waals surface area contributed by atoms with E-state index in [0.29, 0.717) is 40.2 Å². The number of benzene rings is 3. The fourth-order valence-corrected chi connectivity index (χ4v) is 4.40. The van der Waals surface area contributed by atoms with E-state index >= 15 is 0 Å². The number of carbonyl (C=O) groups excluding carboxylic acids is 2. The van der Waals surface area contributed by atoms with Crippen LogP contribution in [-0.2, 0) is 11.3 Å². The topological polar surface area (TPSA) is 76.9 Å². The number of rotatable bonds is 9. The van der Waals surface area contributed by atoms with E-state index in [1.165, 1.54) is 11.8 Å². The quantitative estimate of drug-likeness (QED) is 0.231. The first-order valence-corrected chi connectivity index (χ1v) is 12.2. The molecule has 1 aromatic heterocycles. The van der Waals surface area contributed by atoms with Crippen molar-refractivity contribution in [3.63, 3.8) is 0 Å². The lowest BCUT2D eigenvalue weighted by Crippen LogP contribution is -2.10. The summed E-state index contributed by atoms with van der Waals surface area (Å²) < 4.78 is 1.98. The molecular weight excluding hydrogens is 468 g/mol. The number of hydrogen-bond acceptors (Lipinski definition) is 5. The largest absolute Gasteiger partial charge is 0.326 e. The molecule has 4 aromatic rings. The Labute approximate surface area is 207 Å². The molecule has 0 spiro atoms. The number of amides is 1. The van der Waals surface area contributed by atoms with Crippen molar-refractivity contribution in [1.82, 2.24) is 14.8 Å². The van der Waals surface area contributed by atoms with Crippen LogP contribution in [0.15, 0.2) is 84.0 Å². The summed E-state index contributed by atoms with van der Waals surface area (Å²) in [5.41, 5.74) is 3.12. The summed E-state index contributed by atoms with van der Waals surface area (Å²) in [5, 5.41) is 12.8. The van der Waals surface area contributed by atoms with Gasteiger partial charge >= 0.3 is 0 Å². The van der Waals surface area contributed by atoms with Crippen molar-refractivity contribution in [1.29, 1.82) is 0 Å². The number of aromatic nitrogens is 3. The van der Waals surface area contributed by atoms with Gasteiger partial charge in [0, 0.05) is 23.2 Å². The Bertz CT molecular complexity index is 1290. The number of Topliss-reactive ketones (excluding diaryl/α,β-unsaturated/α-hetero) is 1. The van der Waals surface area contributed by atoms with Crippen LogP contribution in [0.5, 0.6) is 0 Å². The molecule has 0 aliphatic rings. The predicted molar refractivity (Wildman–Crippen MR) is 136 cm³/mol. The second-order valence-electron chi connectivity index (χ2n) is 7.55. The molecule has 0 radical (unpaired) electrons. The average molecular weight is 491 g/mol. The van der Waals surface area contributed by atoms with Gasteiger partial charge < -0.3 is 5.32 Å². The molecule has 0 fully saturated rings. The fraction of sp³-hybridized carbons (Fsp3) is 0.154. The molecule has 0 saturated carbocycles. The Morgan fingerprint density at radius 3 is 2.35 bits per heavy atom. The highest BCUT2D eigenvalue weighted by molar-refractivity contribution is 7.99. The summed E-state index contributed by atoms with van der Waals surface area (Å²) in [7, 11) is 0. The molecule has 0 aliphatic heterocycles. The lowest BCUT2D eigenvalue weighted by Gasteiger charge is -2.11. The van der Waals surface area contributed by atoms with Crippen molar-refractivity contribution >= 4 is 40.7 Å². The van der Waals surface area contributed by atoms with Crippen LogP contribution in [0.25, 0.3) is 11.4 Å². The Hall–Kier alpha value is -3.42. The third kappa shape index (κ3) is 5.73. The van der Waals surface area contributed by atoms with Crippen LogP contribution in [-0.4, -0.2) is 32.2 Å². The lowest BCUT2D eigenvalue weighted by atomic mass is 10.1. The minimum Gasteiger partial charge on any atom is -0.326 e. The van der Waals surface area contributed by atoms with E-state index in [0.717, 1.165) is 11.1 Å². The fourth-order valence-electron chi connectivity index (χ4n) is 3.35. The Morgan fingerprint density at radius 1 is 0.941 bits per heavy atom. The van der Waals surface area contributed by atoms with E-state index in [1.807, 2.05) is 59.2 Å². The predicted octanol–water partition coefficient (Wildman–Crippen LogP) is 5.97. The smallest absolute Gasteiger partial charge is 0.224 e. The minimum atomic E-state index is -0.0679. The molecule has 0 saturated heterocycles. The maximum absolute atomic E-state index is 12.8. The summed E-state index contributed by atoms with van der Waals surface area (Å²) in [5.74, 6) is 0.755. The zero-order chi connectivity index (χ0) is 23.9. The molecule has 4 rings (SSSR count). The second kappa shape index (κ2) is 11.1. The van der Waals surface area contributed by atoms with Crippen LogP contribution in [0.1, 0.15) is 29.3 Å². The maximum atomic E-state index is 12.8. The molecule has 0 unspecified atom stereocenters. The zero-order valence-electron chi connectivity index (χ0n) is 18.6. The molecule has 0 atom stereocenters. The standard InChI is InChI=1S/C26H23ClN4O2S/c1-2-24(33)28-20-14-12-19(13-15-20)23(32)17-34-26-30-29-25(21-10-6-7-11-22(21)27)31(26)16-18-8-4-3-5-9-18/h3-15H,2,16-17H2,1H3,(H,28,33). The molecule has 34 heavy (non-hydrogen) atoms. The molecule has 1 N–H and O–H groups in total. The molecule has 6 nitrogen and oxygen atoms in total. The number of nitrogens with one attached hydrogen (secondary N) is 1. The van der Waals surface area contributed by atoms with E-state index in [9.17, 15) is 9.59 Å². The Balaban J connectivity index is 1.54. The van der Waals surface area contributed by atoms with Crippen LogP contribution >= 0.6 is 23.4 Å². The number of carbonyl (C=O) groups is 2. The van der Waals surface area contributed by atoms with Gasteiger partial charge in [0.05, 0.1) is 17.3 Å². The first-order chi connectivity index (χ1) is 16.5. The van der Waals surface area contributed by atoms with Gasteiger partial charge in [-0.15, -0.1) is 10.2 Å². The van der Waals surface area contributed by atoms with Crippen LogP contribution < -0.4 is 5.32 Å². The van der Waals surface area contributed by atoms with Gasteiger partial charge in [-0.1, -0.05) is 72.8 Å². The summed E-state index contributed by atoms with van der Waals surface area (Å²) in [4.78, 5) is 24.4. The highest BCUT2D eigenvalue weighted by Gasteiger charge is 2.18. The lowest BCUT2D eigenvalue weighted by molar-refractivity contribution is -0.115. The highest BCUT2D eigenvalue weighted by atomic mass is 35.5. The molecule has 172 valence electrons. The third-order valence-electron chi connectivity index (χ3n) is 5.16. The molecular formula is C26H23ClN4O2S. The Morgan fingerprint density at radius 2 is 1.65 bits per heavy atom. The maximum Gasteiger partial charge on any atom is 0.224 e. The third-order valence-corrected chi connectivity index (χ3v) is 6.46. The van der Waals surface area contributed by atoms with E-state index in [-0.39, 0.29) is 17.4 Å². The Kier molecular flexibility index (Phi) is 7.77. The van der Waals surface area contributed by atoms with Gasteiger partial charge in [-0.25, -0.2) is 0 Å². The molecule has 0 bridgehead atoms. The van der Waals surface area contributed by atoms with Gasteiger partial charge in [-0.2, -0.15) is 0 Å². The average Bonchev–Trinajstić information content (AvgIpc) is 3.25. The molecule has 1 amide bonds. The van der Waals surface area contributed by atoms with Crippen molar-refractivity contribution in [2.75, 3.05) is 11.1 Å². The van der Waals surface area contributed by atoms with Crippen molar-refractivity contribution in [3.05, 3.63) is 95.0 Å². The number of anilines is 1. The van der Waals surface area contributed by atoms with Gasteiger partial charge in [-0.3, -0.25) is 14.2 Å². The van der Waals surface area contributed by atoms with Gasteiger partial charge in [0.25, 0.3) is 0 Å². The summed E-state index contributed by atoms with van der Waals surface area (Å²) in [6.07, 6.45) is 0.400. The van der Waals surface area contributed by atoms with E-state index in [4.69, 9.17) is 11.6 Å². The van der Waals surface area contributed by atoms with Crippen LogP contribution in [0, 0.1) is 0 Å². The minimum absolute atomic E-state index is 0.0353. The number of hydrogen-bond donors (Lipinski definition) is 1. The molecule has 0 aliphatic carbocycles. The molecule has 1 heterocycles. The van der Waals surface area contributed by atoms with Crippen LogP contribution in [0.4, 0.5) is 5.69 Å². The number of nitrogens with zero attached hydrogens (tertiary/aromatic N) is 3. The summed E-state index contributed by atoms with van der Waals surface area (Å²) >= 11 is 7.77. The monoisotopic (exact) mass is 490 g/mol. The first-order valence-electron chi connectivity index (χ1n) is 10.8.